The zero-order chi connectivity index (χ0) is 23.6. The van der Waals surface area contributed by atoms with Crippen LogP contribution in [-0.4, -0.2) is 53.7 Å². The van der Waals surface area contributed by atoms with E-state index in [1.807, 2.05) is 0 Å². The van der Waals surface area contributed by atoms with Crippen molar-refractivity contribution >= 4 is 17.5 Å². The number of benzene rings is 2. The van der Waals surface area contributed by atoms with Gasteiger partial charge in [-0.05, 0) is 37.1 Å². The van der Waals surface area contributed by atoms with Crippen molar-refractivity contribution in [3.05, 3.63) is 58.9 Å². The van der Waals surface area contributed by atoms with Crippen LogP contribution in [0.4, 0.5) is 23.7 Å². The van der Waals surface area contributed by atoms with Gasteiger partial charge in [0, 0.05) is 54.5 Å². The predicted octanol–water partition coefficient (Wildman–Crippen LogP) is 3.22. The third-order valence-electron chi connectivity index (χ3n) is 6.07. The summed E-state index contributed by atoms with van der Waals surface area (Å²) in [5, 5.41) is 14.8. The number of hydrogen-bond acceptors (Lipinski definition) is 5. The number of hydrogen-bond donors (Lipinski definition) is 3. The topological polar surface area (TPSA) is 90.9 Å². The first-order valence-electron chi connectivity index (χ1n) is 10.7. The van der Waals surface area contributed by atoms with Gasteiger partial charge in [-0.1, -0.05) is 0 Å². The second-order valence-electron chi connectivity index (χ2n) is 8.29. The van der Waals surface area contributed by atoms with Crippen molar-refractivity contribution in [1.29, 1.82) is 0 Å². The first-order chi connectivity index (χ1) is 15.8. The molecule has 2 amide bonds. The summed E-state index contributed by atoms with van der Waals surface area (Å²) in [6.45, 7) is 0.124. The molecule has 7 nitrogen and oxygen atoms in total. The molecule has 0 aromatic heterocycles. The SMILES string of the molecule is O=C1CC2(CCN(C(=O)NCc3cc(OCCO)c(F)cc3F)CC2)Nc2ccc(F)cc21. The number of anilines is 1. The second kappa shape index (κ2) is 9.30. The Bertz CT molecular complexity index is 1070. The van der Waals surface area contributed by atoms with E-state index in [1.165, 1.54) is 12.1 Å². The number of aliphatic hydroxyl groups is 1. The summed E-state index contributed by atoms with van der Waals surface area (Å²) >= 11 is 0. The number of ketones is 1. The number of aliphatic hydroxyl groups excluding tert-OH is 1. The largest absolute Gasteiger partial charge is 0.488 e. The van der Waals surface area contributed by atoms with Crippen LogP contribution in [0.1, 0.15) is 35.2 Å². The fourth-order valence-electron chi connectivity index (χ4n) is 4.28. The fourth-order valence-corrected chi connectivity index (χ4v) is 4.28. The highest BCUT2D eigenvalue weighted by Gasteiger charge is 2.41. The van der Waals surface area contributed by atoms with Gasteiger partial charge in [-0.2, -0.15) is 0 Å². The molecule has 3 N–H and O–H groups in total. The number of carbonyl (C=O) groups excluding carboxylic acids is 2. The maximum Gasteiger partial charge on any atom is 0.317 e. The van der Waals surface area contributed by atoms with Gasteiger partial charge in [0.15, 0.2) is 17.3 Å². The van der Waals surface area contributed by atoms with Crippen LogP contribution in [0.5, 0.6) is 5.75 Å². The molecule has 0 radical (unpaired) electrons. The van der Waals surface area contributed by atoms with Crippen LogP contribution in [0.15, 0.2) is 30.3 Å². The molecule has 2 aromatic rings. The Labute approximate surface area is 188 Å². The van der Waals surface area contributed by atoms with Crippen molar-refractivity contribution in [2.75, 3.05) is 31.6 Å². The van der Waals surface area contributed by atoms with Crippen molar-refractivity contribution in [3.8, 4) is 5.75 Å². The number of carbonyl (C=O) groups is 2. The lowest BCUT2D eigenvalue weighted by molar-refractivity contribution is 0.0915. The van der Waals surface area contributed by atoms with Gasteiger partial charge in [-0.25, -0.2) is 18.0 Å². The molecular weight excluding hydrogens is 439 g/mol. The lowest BCUT2D eigenvalue weighted by Gasteiger charge is -2.45. The number of nitrogens with one attached hydrogen (secondary N) is 2. The number of Topliss-reactive ketones (excluding diaryl/α,β-unsaturated/α-hetero) is 1. The third-order valence-corrected chi connectivity index (χ3v) is 6.07. The van der Waals surface area contributed by atoms with Crippen LogP contribution >= 0.6 is 0 Å². The highest BCUT2D eigenvalue weighted by atomic mass is 19.1. The minimum atomic E-state index is -0.892. The van der Waals surface area contributed by atoms with E-state index >= 15 is 0 Å². The number of urea groups is 1. The average molecular weight is 463 g/mol. The average Bonchev–Trinajstić information content (AvgIpc) is 2.79. The number of rotatable bonds is 5. The molecule has 2 aliphatic rings. The molecule has 0 unspecified atom stereocenters. The van der Waals surface area contributed by atoms with Gasteiger partial charge < -0.3 is 25.4 Å². The van der Waals surface area contributed by atoms with Crippen LogP contribution < -0.4 is 15.4 Å². The van der Waals surface area contributed by atoms with Crippen LogP contribution in [-0.2, 0) is 6.54 Å². The summed E-state index contributed by atoms with van der Waals surface area (Å²) in [7, 11) is 0. The van der Waals surface area contributed by atoms with Gasteiger partial charge >= 0.3 is 6.03 Å². The lowest BCUT2D eigenvalue weighted by Crippen LogP contribution is -2.55. The quantitative estimate of drug-likeness (QED) is 0.634. The van der Waals surface area contributed by atoms with Crippen LogP contribution in [0, 0.1) is 17.5 Å². The van der Waals surface area contributed by atoms with Crippen molar-refractivity contribution in [1.82, 2.24) is 10.2 Å². The van der Waals surface area contributed by atoms with Gasteiger partial charge in [-0.15, -0.1) is 0 Å². The zero-order valence-corrected chi connectivity index (χ0v) is 17.8. The smallest absolute Gasteiger partial charge is 0.317 e. The van der Waals surface area contributed by atoms with E-state index in [9.17, 15) is 22.8 Å². The molecule has 0 atom stereocenters. The number of halogens is 3. The Morgan fingerprint density at radius 1 is 1.15 bits per heavy atom. The Morgan fingerprint density at radius 3 is 2.64 bits per heavy atom. The third kappa shape index (κ3) is 4.90. The van der Waals surface area contributed by atoms with Crippen molar-refractivity contribution in [2.45, 2.75) is 31.3 Å². The molecule has 33 heavy (non-hydrogen) atoms. The Hall–Kier alpha value is -3.27. The number of likely N-dealkylation sites (tertiary alicyclic amines) is 1. The molecule has 2 aromatic carbocycles. The number of nitrogens with zero attached hydrogens (tertiary/aromatic N) is 1. The van der Waals surface area contributed by atoms with E-state index in [0.717, 1.165) is 6.07 Å². The summed E-state index contributed by atoms with van der Waals surface area (Å²) in [5.41, 5.74) is 0.483. The maximum absolute atomic E-state index is 14.1. The maximum atomic E-state index is 14.1. The Kier molecular flexibility index (Phi) is 6.46. The summed E-state index contributed by atoms with van der Waals surface area (Å²) in [4.78, 5) is 26.7. The highest BCUT2D eigenvalue weighted by molar-refractivity contribution is 6.04. The van der Waals surface area contributed by atoms with Crippen LogP contribution in [0.3, 0.4) is 0 Å². The molecule has 2 heterocycles. The normalized spacial score (nSPS) is 16.8. The van der Waals surface area contributed by atoms with Gasteiger partial charge in [-0.3, -0.25) is 4.79 Å². The van der Waals surface area contributed by atoms with Gasteiger partial charge in [0.25, 0.3) is 0 Å². The summed E-state index contributed by atoms with van der Waals surface area (Å²) in [6, 6.07) is 5.51. The zero-order valence-electron chi connectivity index (χ0n) is 17.8. The monoisotopic (exact) mass is 463 g/mol. The van der Waals surface area contributed by atoms with E-state index in [2.05, 4.69) is 10.6 Å². The van der Waals surface area contributed by atoms with E-state index in [0.29, 0.717) is 43.2 Å². The minimum absolute atomic E-state index is 0.0505. The molecule has 0 aliphatic carbocycles. The Morgan fingerprint density at radius 2 is 1.91 bits per heavy atom. The molecule has 0 bridgehead atoms. The highest BCUT2D eigenvalue weighted by Crippen LogP contribution is 2.37. The molecule has 0 saturated carbocycles. The van der Waals surface area contributed by atoms with Crippen LogP contribution in [0.25, 0.3) is 0 Å². The summed E-state index contributed by atoms with van der Waals surface area (Å²) < 4.78 is 46.4. The van der Waals surface area contributed by atoms with Crippen LogP contribution in [0.2, 0.25) is 0 Å². The van der Waals surface area contributed by atoms with Gasteiger partial charge in [0.1, 0.15) is 18.2 Å². The predicted molar refractivity (Wildman–Crippen MR) is 114 cm³/mol. The molecule has 2 aliphatic heterocycles. The van der Waals surface area contributed by atoms with E-state index in [-0.39, 0.29) is 43.3 Å². The molecular formula is C23H24F3N3O4. The fraction of sp³-hybridized carbons (Fsp3) is 0.391. The van der Waals surface area contributed by atoms with Gasteiger partial charge in [0.05, 0.1) is 6.61 Å². The van der Waals surface area contributed by atoms with Crippen molar-refractivity contribution < 1.29 is 32.6 Å². The molecule has 1 spiro atoms. The van der Waals surface area contributed by atoms with Gasteiger partial charge in [0.2, 0.25) is 0 Å². The number of ether oxygens (including phenoxy) is 1. The molecule has 10 heteroatoms. The molecule has 1 saturated heterocycles. The first kappa shape index (κ1) is 22.9. The van der Waals surface area contributed by atoms with Crippen molar-refractivity contribution in [2.24, 2.45) is 0 Å². The molecule has 4 rings (SSSR count). The number of amides is 2. The minimum Gasteiger partial charge on any atom is -0.488 e. The molecule has 1 fully saturated rings. The van der Waals surface area contributed by atoms with Crippen molar-refractivity contribution in [3.63, 3.8) is 0 Å². The summed E-state index contributed by atoms with van der Waals surface area (Å²) in [6.07, 6.45) is 1.26. The number of fused-ring (bicyclic) bond motifs is 1. The van der Waals surface area contributed by atoms with E-state index in [1.54, 1.807) is 11.0 Å². The summed E-state index contributed by atoms with van der Waals surface area (Å²) in [5.74, 6) is -2.51. The number of piperidine rings is 1. The molecule has 176 valence electrons. The van der Waals surface area contributed by atoms with E-state index in [4.69, 9.17) is 9.84 Å². The second-order valence-corrected chi connectivity index (χ2v) is 8.29. The standard InChI is InChI=1S/C23H24F3N3O4/c24-15-1-2-19-16(10-15)20(31)12-23(28-19)3-5-29(6-4-23)22(32)27-13-14-9-21(33-8-7-30)18(26)11-17(14)25/h1-2,9-11,28,30H,3-8,12-13H2,(H,27,32). The van der Waals surface area contributed by atoms with E-state index < -0.39 is 29.0 Å². The Balaban J connectivity index is 1.35. The lowest BCUT2D eigenvalue weighted by atomic mass is 9.78. The first-order valence-corrected chi connectivity index (χ1v) is 10.7.